The van der Waals surface area contributed by atoms with Crippen LogP contribution in [0.15, 0.2) is 36.5 Å². The molecule has 0 unspecified atom stereocenters. The van der Waals surface area contributed by atoms with Gasteiger partial charge in [-0.05, 0) is 30.3 Å². The Labute approximate surface area is 154 Å². The van der Waals surface area contributed by atoms with Crippen LogP contribution in [0.2, 0.25) is 0 Å². The van der Waals surface area contributed by atoms with E-state index in [2.05, 4.69) is 9.97 Å². The molecule has 0 fully saturated rings. The first-order valence-electron chi connectivity index (χ1n) is 8.03. The lowest BCUT2D eigenvalue weighted by Crippen LogP contribution is -2.05. The van der Waals surface area contributed by atoms with Gasteiger partial charge in [-0.15, -0.1) is 0 Å². The normalized spacial score (nSPS) is 13.0. The fourth-order valence-corrected chi connectivity index (χ4v) is 3.20. The van der Waals surface area contributed by atoms with Gasteiger partial charge in [-0.2, -0.15) is 26.3 Å². The number of hydrogen-bond acceptors (Lipinski definition) is 2. The topological polar surface area (TPSA) is 35.6 Å². The summed E-state index contributed by atoms with van der Waals surface area (Å²) in [6.07, 6.45) is -8.29. The molecule has 4 rings (SSSR count). The quantitative estimate of drug-likeness (QED) is 0.415. The van der Waals surface area contributed by atoms with Crippen LogP contribution in [0.5, 0.6) is 0 Å². The standard InChI is InChI=1S/C18H12F6N4/c1-27-13-4-3-10(17(19,20)21)5-9(13)6-14(27)16-26-12-7-11(18(22,23)24)8-25-15(12)28(16)2/h3-8H,1-2H3. The van der Waals surface area contributed by atoms with Crippen molar-refractivity contribution in [2.24, 2.45) is 14.1 Å². The summed E-state index contributed by atoms with van der Waals surface area (Å²) in [6.45, 7) is 0. The van der Waals surface area contributed by atoms with E-state index < -0.39 is 23.5 Å². The molecule has 4 aromatic rings. The Bertz CT molecular complexity index is 1120. The van der Waals surface area contributed by atoms with E-state index in [1.165, 1.54) is 16.7 Å². The first kappa shape index (κ1) is 18.3. The molecule has 0 saturated heterocycles. The summed E-state index contributed by atoms with van der Waals surface area (Å²) in [5.41, 5.74) is -0.407. The lowest BCUT2D eigenvalue weighted by molar-refractivity contribution is -0.138. The van der Waals surface area contributed by atoms with Crippen LogP contribution < -0.4 is 0 Å². The summed E-state index contributed by atoms with van der Waals surface area (Å²) >= 11 is 0. The first-order valence-corrected chi connectivity index (χ1v) is 8.03. The third-order valence-corrected chi connectivity index (χ3v) is 4.64. The van der Waals surface area contributed by atoms with Gasteiger partial charge >= 0.3 is 12.4 Å². The Morgan fingerprint density at radius 2 is 1.50 bits per heavy atom. The largest absolute Gasteiger partial charge is 0.417 e. The van der Waals surface area contributed by atoms with Gasteiger partial charge in [0, 0.05) is 31.2 Å². The smallest absolute Gasteiger partial charge is 0.341 e. The van der Waals surface area contributed by atoms with E-state index in [-0.39, 0.29) is 11.2 Å². The van der Waals surface area contributed by atoms with E-state index in [9.17, 15) is 26.3 Å². The van der Waals surface area contributed by atoms with E-state index >= 15 is 0 Å². The van der Waals surface area contributed by atoms with Crippen molar-refractivity contribution in [3.05, 3.63) is 47.7 Å². The molecule has 146 valence electrons. The highest BCUT2D eigenvalue weighted by atomic mass is 19.4. The Hall–Kier alpha value is -3.04. The van der Waals surface area contributed by atoms with E-state index in [0.717, 1.165) is 24.4 Å². The summed E-state index contributed by atoms with van der Waals surface area (Å²) < 4.78 is 80.8. The molecule has 0 aliphatic carbocycles. The highest BCUT2D eigenvalue weighted by molar-refractivity contribution is 5.88. The Morgan fingerprint density at radius 1 is 0.821 bits per heavy atom. The first-order chi connectivity index (χ1) is 13.0. The van der Waals surface area contributed by atoms with Crippen LogP contribution in [0, 0.1) is 0 Å². The fraction of sp³-hybridized carbons (Fsp3) is 0.222. The second kappa shape index (κ2) is 5.73. The number of halogens is 6. The molecule has 0 aliphatic heterocycles. The number of alkyl halides is 6. The molecule has 0 radical (unpaired) electrons. The van der Waals surface area contributed by atoms with Crippen molar-refractivity contribution in [2.75, 3.05) is 0 Å². The molecular weight excluding hydrogens is 386 g/mol. The molecule has 0 saturated carbocycles. The molecule has 10 heteroatoms. The number of imidazole rings is 1. The number of aryl methyl sites for hydroxylation is 2. The molecule has 3 aromatic heterocycles. The summed E-state index contributed by atoms with van der Waals surface area (Å²) in [4.78, 5) is 8.09. The van der Waals surface area contributed by atoms with E-state index in [4.69, 9.17) is 0 Å². The highest BCUT2D eigenvalue weighted by Gasteiger charge is 2.32. The second-order valence-corrected chi connectivity index (χ2v) is 6.42. The fourth-order valence-electron chi connectivity index (χ4n) is 3.20. The van der Waals surface area contributed by atoms with Gasteiger partial charge in [0.05, 0.1) is 16.8 Å². The summed E-state index contributed by atoms with van der Waals surface area (Å²) in [5, 5.41) is 0.350. The number of fused-ring (bicyclic) bond motifs is 2. The average molecular weight is 398 g/mol. The van der Waals surface area contributed by atoms with Crippen molar-refractivity contribution in [1.82, 2.24) is 19.1 Å². The van der Waals surface area contributed by atoms with Gasteiger partial charge in [-0.1, -0.05) is 0 Å². The summed E-state index contributed by atoms with van der Waals surface area (Å²) in [5.74, 6) is 0.300. The molecule has 4 nitrogen and oxygen atoms in total. The molecule has 0 spiro atoms. The van der Waals surface area contributed by atoms with Gasteiger partial charge < -0.3 is 9.13 Å². The Balaban J connectivity index is 1.91. The van der Waals surface area contributed by atoms with Crippen LogP contribution >= 0.6 is 0 Å². The second-order valence-electron chi connectivity index (χ2n) is 6.42. The van der Waals surface area contributed by atoms with Crippen LogP contribution in [0.4, 0.5) is 26.3 Å². The number of aromatic nitrogens is 4. The van der Waals surface area contributed by atoms with Gasteiger partial charge in [-0.3, -0.25) is 0 Å². The number of hydrogen-bond donors (Lipinski definition) is 0. The minimum atomic E-state index is -4.55. The molecule has 0 amide bonds. The minimum Gasteiger partial charge on any atom is -0.341 e. The van der Waals surface area contributed by atoms with Crippen molar-refractivity contribution in [3.8, 4) is 11.5 Å². The maximum Gasteiger partial charge on any atom is 0.417 e. The molecule has 0 aliphatic rings. The molecule has 1 aromatic carbocycles. The number of benzene rings is 1. The number of nitrogens with zero attached hydrogens (tertiary/aromatic N) is 4. The van der Waals surface area contributed by atoms with Crippen molar-refractivity contribution >= 4 is 22.1 Å². The van der Waals surface area contributed by atoms with Gasteiger partial charge in [0.15, 0.2) is 11.5 Å². The SMILES string of the molecule is Cn1c(-c2nc3cc(C(F)(F)F)cnc3n2C)cc2cc(C(F)(F)F)ccc21. The van der Waals surface area contributed by atoms with Gasteiger partial charge in [-0.25, -0.2) is 9.97 Å². The molecule has 28 heavy (non-hydrogen) atoms. The summed E-state index contributed by atoms with van der Waals surface area (Å²) in [6, 6.07) is 5.79. The van der Waals surface area contributed by atoms with Crippen LogP contribution in [0.1, 0.15) is 11.1 Å². The van der Waals surface area contributed by atoms with E-state index in [1.807, 2.05) is 0 Å². The predicted octanol–water partition coefficient (Wildman–Crippen LogP) is 5.16. The Morgan fingerprint density at radius 3 is 2.14 bits per heavy atom. The Kier molecular flexibility index (Phi) is 3.75. The van der Waals surface area contributed by atoms with Crippen molar-refractivity contribution in [2.45, 2.75) is 12.4 Å². The van der Waals surface area contributed by atoms with Gasteiger partial charge in [0.25, 0.3) is 0 Å². The van der Waals surface area contributed by atoms with Gasteiger partial charge in [0.1, 0.15) is 5.52 Å². The lowest BCUT2D eigenvalue weighted by atomic mass is 10.1. The van der Waals surface area contributed by atoms with Crippen LogP contribution in [0.25, 0.3) is 33.6 Å². The molecular formula is C18H12F6N4. The van der Waals surface area contributed by atoms with E-state index in [0.29, 0.717) is 22.4 Å². The number of rotatable bonds is 1. The molecule has 0 bridgehead atoms. The third-order valence-electron chi connectivity index (χ3n) is 4.64. The third kappa shape index (κ3) is 2.79. The molecule has 0 N–H and O–H groups in total. The summed E-state index contributed by atoms with van der Waals surface area (Å²) in [7, 11) is 3.24. The lowest BCUT2D eigenvalue weighted by Gasteiger charge is -2.07. The van der Waals surface area contributed by atoms with Crippen molar-refractivity contribution in [3.63, 3.8) is 0 Å². The van der Waals surface area contributed by atoms with Crippen molar-refractivity contribution < 1.29 is 26.3 Å². The van der Waals surface area contributed by atoms with Crippen molar-refractivity contribution in [1.29, 1.82) is 0 Å². The predicted molar refractivity (Wildman–Crippen MR) is 90.4 cm³/mol. The molecule has 0 atom stereocenters. The van der Waals surface area contributed by atoms with E-state index in [1.54, 1.807) is 18.7 Å². The van der Waals surface area contributed by atoms with Crippen LogP contribution in [-0.2, 0) is 26.4 Å². The van der Waals surface area contributed by atoms with Gasteiger partial charge in [0.2, 0.25) is 0 Å². The zero-order chi connectivity index (χ0) is 20.4. The monoisotopic (exact) mass is 398 g/mol. The zero-order valence-corrected chi connectivity index (χ0v) is 14.5. The highest BCUT2D eigenvalue weighted by Crippen LogP contribution is 2.35. The zero-order valence-electron chi connectivity index (χ0n) is 14.5. The number of pyridine rings is 1. The van der Waals surface area contributed by atoms with Crippen LogP contribution in [-0.4, -0.2) is 19.1 Å². The van der Waals surface area contributed by atoms with Crippen LogP contribution in [0.3, 0.4) is 0 Å². The maximum absolute atomic E-state index is 13.0. The maximum atomic E-state index is 13.0. The average Bonchev–Trinajstić information content (AvgIpc) is 3.10. The minimum absolute atomic E-state index is 0.0496. The molecule has 3 heterocycles.